The molecule has 0 aliphatic rings. The first-order valence-corrected chi connectivity index (χ1v) is 7.46. The normalized spacial score (nSPS) is 10.6. The number of nitrogens with one attached hydrogen (secondary N) is 1. The van der Waals surface area contributed by atoms with Crippen molar-refractivity contribution in [3.8, 4) is 11.5 Å². The molecule has 0 aliphatic heterocycles. The molecule has 0 saturated heterocycles. The predicted octanol–water partition coefficient (Wildman–Crippen LogP) is 3.15. The molecule has 0 unspecified atom stereocenters. The summed E-state index contributed by atoms with van der Waals surface area (Å²) in [6, 6.07) is 5.92. The van der Waals surface area contributed by atoms with Crippen molar-refractivity contribution in [2.75, 3.05) is 13.7 Å². The summed E-state index contributed by atoms with van der Waals surface area (Å²) in [6.45, 7) is 6.34. The molecule has 0 saturated carbocycles. The van der Waals surface area contributed by atoms with Gasteiger partial charge in [0.1, 0.15) is 18.1 Å². The maximum absolute atomic E-state index is 5.93. The van der Waals surface area contributed by atoms with Gasteiger partial charge in [0.2, 0.25) is 0 Å². The van der Waals surface area contributed by atoms with Crippen molar-refractivity contribution >= 4 is 11.3 Å². The van der Waals surface area contributed by atoms with E-state index in [1.807, 2.05) is 31.3 Å². The van der Waals surface area contributed by atoms with E-state index in [0.717, 1.165) is 40.0 Å². The number of nitrogens with zero attached hydrogens (tertiary/aromatic N) is 1. The van der Waals surface area contributed by atoms with Gasteiger partial charge in [-0.25, -0.2) is 4.98 Å². The molecule has 0 aliphatic carbocycles. The fourth-order valence-electron chi connectivity index (χ4n) is 1.82. The largest absolute Gasteiger partial charge is 0.497 e. The van der Waals surface area contributed by atoms with E-state index < -0.39 is 0 Å². The number of aromatic nitrogens is 1. The lowest BCUT2D eigenvalue weighted by atomic mass is 10.2. The summed E-state index contributed by atoms with van der Waals surface area (Å²) in [4.78, 5) is 5.36. The summed E-state index contributed by atoms with van der Waals surface area (Å²) in [7, 11) is 1.66. The average Bonchev–Trinajstić information content (AvgIpc) is 2.89. The fourth-order valence-corrected chi connectivity index (χ4v) is 2.53. The summed E-state index contributed by atoms with van der Waals surface area (Å²) in [5.74, 6) is 1.66. The zero-order chi connectivity index (χ0) is 14.4. The van der Waals surface area contributed by atoms with Gasteiger partial charge in [0.25, 0.3) is 0 Å². The Labute approximate surface area is 123 Å². The standard InChI is InChI=1S/C15H20N2O2S/c1-4-16-8-12-5-6-13(18-3)7-15(12)19-10-14-9-17-11(2)20-14/h5-7,9,16H,4,8,10H2,1-3H3. The lowest BCUT2D eigenvalue weighted by molar-refractivity contribution is 0.302. The quantitative estimate of drug-likeness (QED) is 0.851. The van der Waals surface area contributed by atoms with E-state index in [4.69, 9.17) is 9.47 Å². The van der Waals surface area contributed by atoms with Crippen LogP contribution in [-0.4, -0.2) is 18.6 Å². The van der Waals surface area contributed by atoms with Crippen LogP contribution in [0.5, 0.6) is 11.5 Å². The van der Waals surface area contributed by atoms with E-state index in [2.05, 4.69) is 17.2 Å². The minimum atomic E-state index is 0.539. The van der Waals surface area contributed by atoms with Gasteiger partial charge in [-0.15, -0.1) is 11.3 Å². The molecule has 0 radical (unpaired) electrons. The first kappa shape index (κ1) is 14.8. The summed E-state index contributed by atoms with van der Waals surface area (Å²) in [5, 5.41) is 4.37. The molecule has 2 aromatic rings. The lowest BCUT2D eigenvalue weighted by Gasteiger charge is -2.12. The van der Waals surface area contributed by atoms with E-state index >= 15 is 0 Å². The molecule has 1 aromatic heterocycles. The van der Waals surface area contributed by atoms with E-state index in [9.17, 15) is 0 Å². The van der Waals surface area contributed by atoms with E-state index in [1.165, 1.54) is 0 Å². The van der Waals surface area contributed by atoms with Crippen molar-refractivity contribution in [2.45, 2.75) is 27.0 Å². The third-order valence-electron chi connectivity index (χ3n) is 2.88. The van der Waals surface area contributed by atoms with Crippen molar-refractivity contribution in [3.63, 3.8) is 0 Å². The molecule has 4 nitrogen and oxygen atoms in total. The van der Waals surface area contributed by atoms with Crippen LogP contribution in [0.4, 0.5) is 0 Å². The smallest absolute Gasteiger partial charge is 0.128 e. The van der Waals surface area contributed by atoms with Gasteiger partial charge in [0.15, 0.2) is 0 Å². The number of ether oxygens (including phenoxy) is 2. The summed E-state index contributed by atoms with van der Waals surface area (Å²) < 4.78 is 11.2. The Morgan fingerprint density at radius 1 is 1.35 bits per heavy atom. The Morgan fingerprint density at radius 3 is 2.85 bits per heavy atom. The van der Waals surface area contributed by atoms with Crippen LogP contribution in [0.1, 0.15) is 22.4 Å². The van der Waals surface area contributed by atoms with Gasteiger partial charge in [-0.3, -0.25) is 0 Å². The Kier molecular flexibility index (Phi) is 5.38. The van der Waals surface area contributed by atoms with Gasteiger partial charge in [0.05, 0.1) is 17.0 Å². The van der Waals surface area contributed by atoms with Crippen molar-refractivity contribution in [3.05, 3.63) is 39.8 Å². The molecule has 0 atom stereocenters. The predicted molar refractivity (Wildman–Crippen MR) is 81.6 cm³/mol. The molecule has 0 fully saturated rings. The van der Waals surface area contributed by atoms with Crippen LogP contribution in [0.15, 0.2) is 24.4 Å². The number of aryl methyl sites for hydroxylation is 1. The van der Waals surface area contributed by atoms with Gasteiger partial charge in [-0.1, -0.05) is 13.0 Å². The molecule has 5 heteroatoms. The Hall–Kier alpha value is -1.59. The molecule has 0 bridgehead atoms. The first-order chi connectivity index (χ1) is 9.72. The Balaban J connectivity index is 2.10. The number of hydrogen-bond acceptors (Lipinski definition) is 5. The average molecular weight is 292 g/mol. The lowest BCUT2D eigenvalue weighted by Crippen LogP contribution is -2.12. The monoisotopic (exact) mass is 292 g/mol. The fraction of sp³-hybridized carbons (Fsp3) is 0.400. The van der Waals surface area contributed by atoms with Crippen molar-refractivity contribution in [1.82, 2.24) is 10.3 Å². The highest BCUT2D eigenvalue weighted by Crippen LogP contribution is 2.26. The number of hydrogen-bond donors (Lipinski definition) is 1. The molecular weight excluding hydrogens is 272 g/mol. The molecule has 20 heavy (non-hydrogen) atoms. The van der Waals surface area contributed by atoms with Crippen molar-refractivity contribution in [2.24, 2.45) is 0 Å². The van der Waals surface area contributed by atoms with Crippen molar-refractivity contribution < 1.29 is 9.47 Å². The molecule has 1 aromatic carbocycles. The number of rotatable bonds is 7. The van der Waals surface area contributed by atoms with Crippen LogP contribution in [-0.2, 0) is 13.2 Å². The molecule has 1 N–H and O–H groups in total. The van der Waals surface area contributed by atoms with E-state index in [-0.39, 0.29) is 0 Å². The van der Waals surface area contributed by atoms with Gasteiger partial charge in [-0.05, 0) is 19.5 Å². The highest BCUT2D eigenvalue weighted by molar-refractivity contribution is 7.11. The molecular formula is C15H20N2O2S. The zero-order valence-electron chi connectivity index (χ0n) is 12.1. The highest BCUT2D eigenvalue weighted by Gasteiger charge is 2.07. The number of methoxy groups -OCH3 is 1. The second kappa shape index (κ2) is 7.26. The second-order valence-electron chi connectivity index (χ2n) is 4.39. The number of thiazole rings is 1. The summed E-state index contributed by atoms with van der Waals surface area (Å²) in [6.07, 6.45) is 1.87. The van der Waals surface area contributed by atoms with Gasteiger partial charge >= 0.3 is 0 Å². The molecule has 1 heterocycles. The minimum absolute atomic E-state index is 0.539. The third kappa shape index (κ3) is 3.95. The van der Waals surface area contributed by atoms with Crippen LogP contribution in [0.2, 0.25) is 0 Å². The molecule has 0 amide bonds. The Morgan fingerprint density at radius 2 is 2.20 bits per heavy atom. The maximum Gasteiger partial charge on any atom is 0.128 e. The third-order valence-corrected chi connectivity index (χ3v) is 3.77. The highest BCUT2D eigenvalue weighted by atomic mass is 32.1. The van der Waals surface area contributed by atoms with E-state index in [0.29, 0.717) is 6.61 Å². The van der Waals surface area contributed by atoms with Crippen LogP contribution in [0.25, 0.3) is 0 Å². The Bertz CT molecular complexity index is 555. The van der Waals surface area contributed by atoms with Crippen LogP contribution < -0.4 is 14.8 Å². The van der Waals surface area contributed by atoms with Crippen LogP contribution >= 0.6 is 11.3 Å². The molecule has 108 valence electrons. The summed E-state index contributed by atoms with van der Waals surface area (Å²) in [5.41, 5.74) is 1.13. The van der Waals surface area contributed by atoms with Crippen LogP contribution in [0.3, 0.4) is 0 Å². The van der Waals surface area contributed by atoms with Gasteiger partial charge < -0.3 is 14.8 Å². The minimum Gasteiger partial charge on any atom is -0.497 e. The summed E-state index contributed by atoms with van der Waals surface area (Å²) >= 11 is 1.66. The first-order valence-electron chi connectivity index (χ1n) is 6.64. The number of benzene rings is 1. The zero-order valence-corrected chi connectivity index (χ0v) is 12.9. The van der Waals surface area contributed by atoms with Crippen LogP contribution in [0, 0.1) is 6.92 Å². The molecule has 0 spiro atoms. The van der Waals surface area contributed by atoms with Gasteiger partial charge in [-0.2, -0.15) is 0 Å². The second-order valence-corrected chi connectivity index (χ2v) is 5.71. The molecule has 2 rings (SSSR count). The maximum atomic E-state index is 5.93. The van der Waals surface area contributed by atoms with Gasteiger partial charge in [0, 0.05) is 24.4 Å². The van der Waals surface area contributed by atoms with E-state index in [1.54, 1.807) is 18.4 Å². The van der Waals surface area contributed by atoms with Crippen molar-refractivity contribution in [1.29, 1.82) is 0 Å². The SMILES string of the molecule is CCNCc1ccc(OC)cc1OCc1cnc(C)s1. The topological polar surface area (TPSA) is 43.4 Å².